The average molecular weight is 261 g/mol. The molecule has 3 N–H and O–H groups in total. The molecular weight excluding hydrogens is 246 g/mol. The number of thiazole rings is 1. The molecule has 1 heterocycles. The molecule has 94 valence electrons. The molecule has 2 aromatic rings. The summed E-state index contributed by atoms with van der Waals surface area (Å²) in [6.45, 7) is 4.35. The highest BCUT2D eigenvalue weighted by atomic mass is 32.1. The second kappa shape index (κ2) is 5.18. The Labute approximate surface area is 110 Å². The van der Waals surface area contributed by atoms with E-state index in [1.807, 2.05) is 19.9 Å². The predicted molar refractivity (Wildman–Crippen MR) is 73.6 cm³/mol. The standard InChI is InChI=1S/C13H15N3OS/c1-8-3-4-11(14)10(5-8)13(17)16-7-12-15-6-9(2)18-12/h3-6H,7,14H2,1-2H3,(H,16,17). The first-order chi connectivity index (χ1) is 8.56. The van der Waals surface area contributed by atoms with Gasteiger partial charge in [-0.05, 0) is 26.0 Å². The maximum Gasteiger partial charge on any atom is 0.253 e. The van der Waals surface area contributed by atoms with Gasteiger partial charge in [-0.25, -0.2) is 4.98 Å². The van der Waals surface area contributed by atoms with Gasteiger partial charge in [-0.15, -0.1) is 11.3 Å². The lowest BCUT2D eigenvalue weighted by Crippen LogP contribution is -2.23. The molecule has 5 heteroatoms. The normalized spacial score (nSPS) is 10.3. The van der Waals surface area contributed by atoms with Crippen LogP contribution in [0.25, 0.3) is 0 Å². The van der Waals surface area contributed by atoms with Gasteiger partial charge in [0.25, 0.3) is 5.91 Å². The molecule has 0 aliphatic carbocycles. The topological polar surface area (TPSA) is 68.0 Å². The van der Waals surface area contributed by atoms with Gasteiger partial charge < -0.3 is 11.1 Å². The number of nitrogens with one attached hydrogen (secondary N) is 1. The fourth-order valence-corrected chi connectivity index (χ4v) is 2.33. The van der Waals surface area contributed by atoms with Crippen molar-refractivity contribution in [1.82, 2.24) is 10.3 Å². The molecule has 0 radical (unpaired) electrons. The maximum absolute atomic E-state index is 12.0. The summed E-state index contributed by atoms with van der Waals surface area (Å²) in [4.78, 5) is 17.3. The molecule has 2 rings (SSSR count). The predicted octanol–water partition coefficient (Wildman–Crippen LogP) is 2.27. The Hall–Kier alpha value is -1.88. The Morgan fingerprint density at radius 1 is 1.44 bits per heavy atom. The number of aryl methyl sites for hydroxylation is 2. The largest absolute Gasteiger partial charge is 0.398 e. The molecule has 1 aromatic heterocycles. The molecule has 0 fully saturated rings. The molecule has 0 unspecified atom stereocenters. The minimum atomic E-state index is -0.163. The van der Waals surface area contributed by atoms with Crippen LogP contribution in [0.5, 0.6) is 0 Å². The number of benzene rings is 1. The summed E-state index contributed by atoms with van der Waals surface area (Å²) < 4.78 is 0. The van der Waals surface area contributed by atoms with Gasteiger partial charge in [-0.2, -0.15) is 0 Å². The molecule has 1 amide bonds. The van der Waals surface area contributed by atoms with Crippen LogP contribution in [-0.4, -0.2) is 10.9 Å². The van der Waals surface area contributed by atoms with Crippen molar-refractivity contribution in [1.29, 1.82) is 0 Å². The van der Waals surface area contributed by atoms with E-state index in [9.17, 15) is 4.79 Å². The number of carbonyl (C=O) groups excluding carboxylic acids is 1. The number of aromatic nitrogens is 1. The molecule has 0 spiro atoms. The van der Waals surface area contributed by atoms with E-state index in [-0.39, 0.29) is 5.91 Å². The average Bonchev–Trinajstić information content (AvgIpc) is 2.75. The van der Waals surface area contributed by atoms with Gasteiger partial charge in [0.1, 0.15) is 5.01 Å². The quantitative estimate of drug-likeness (QED) is 0.833. The molecule has 0 atom stereocenters. The van der Waals surface area contributed by atoms with Crippen molar-refractivity contribution < 1.29 is 4.79 Å². The van der Waals surface area contributed by atoms with Crippen LogP contribution < -0.4 is 11.1 Å². The van der Waals surface area contributed by atoms with Crippen molar-refractivity contribution in [2.45, 2.75) is 20.4 Å². The second-order valence-corrected chi connectivity index (χ2v) is 5.46. The highest BCUT2D eigenvalue weighted by molar-refractivity contribution is 7.11. The minimum absolute atomic E-state index is 0.163. The van der Waals surface area contributed by atoms with Crippen LogP contribution in [0.1, 0.15) is 25.8 Å². The highest BCUT2D eigenvalue weighted by Crippen LogP contribution is 2.14. The first kappa shape index (κ1) is 12.6. The van der Waals surface area contributed by atoms with E-state index in [1.165, 1.54) is 0 Å². The number of nitrogens with two attached hydrogens (primary N) is 1. The summed E-state index contributed by atoms with van der Waals surface area (Å²) in [5, 5.41) is 3.72. The number of hydrogen-bond acceptors (Lipinski definition) is 4. The van der Waals surface area contributed by atoms with Gasteiger partial charge in [-0.3, -0.25) is 4.79 Å². The SMILES string of the molecule is Cc1ccc(N)c(C(=O)NCc2ncc(C)s2)c1. The Morgan fingerprint density at radius 2 is 2.22 bits per heavy atom. The van der Waals surface area contributed by atoms with Crippen molar-refractivity contribution in [2.24, 2.45) is 0 Å². The zero-order valence-electron chi connectivity index (χ0n) is 10.4. The lowest BCUT2D eigenvalue weighted by molar-refractivity contribution is 0.0951. The lowest BCUT2D eigenvalue weighted by atomic mass is 10.1. The summed E-state index contributed by atoms with van der Waals surface area (Å²) in [6, 6.07) is 5.42. The van der Waals surface area contributed by atoms with Crippen LogP contribution >= 0.6 is 11.3 Å². The highest BCUT2D eigenvalue weighted by Gasteiger charge is 2.10. The summed E-state index contributed by atoms with van der Waals surface area (Å²) in [5.74, 6) is -0.163. The molecule has 0 aliphatic heterocycles. The lowest BCUT2D eigenvalue weighted by Gasteiger charge is -2.07. The molecule has 0 aliphatic rings. The number of carbonyl (C=O) groups is 1. The monoisotopic (exact) mass is 261 g/mol. The summed E-state index contributed by atoms with van der Waals surface area (Å²) in [6.07, 6.45) is 1.80. The maximum atomic E-state index is 12.0. The molecule has 18 heavy (non-hydrogen) atoms. The number of amides is 1. The van der Waals surface area contributed by atoms with Crippen LogP contribution in [0.3, 0.4) is 0 Å². The number of rotatable bonds is 3. The first-order valence-electron chi connectivity index (χ1n) is 5.62. The van der Waals surface area contributed by atoms with E-state index in [2.05, 4.69) is 10.3 Å². The van der Waals surface area contributed by atoms with Crippen molar-refractivity contribution in [3.63, 3.8) is 0 Å². The van der Waals surface area contributed by atoms with E-state index in [1.54, 1.807) is 29.7 Å². The molecule has 0 saturated heterocycles. The molecule has 0 saturated carbocycles. The number of anilines is 1. The van der Waals surface area contributed by atoms with E-state index < -0.39 is 0 Å². The van der Waals surface area contributed by atoms with Crippen LogP contribution in [0.2, 0.25) is 0 Å². The van der Waals surface area contributed by atoms with Gasteiger partial charge in [0.2, 0.25) is 0 Å². The van der Waals surface area contributed by atoms with Crippen molar-refractivity contribution in [3.05, 3.63) is 45.4 Å². The van der Waals surface area contributed by atoms with Crippen LogP contribution in [0, 0.1) is 13.8 Å². The van der Waals surface area contributed by atoms with Crippen LogP contribution in [0.15, 0.2) is 24.4 Å². The molecule has 0 bridgehead atoms. The zero-order valence-corrected chi connectivity index (χ0v) is 11.2. The first-order valence-corrected chi connectivity index (χ1v) is 6.43. The number of hydrogen-bond donors (Lipinski definition) is 2. The summed E-state index contributed by atoms with van der Waals surface area (Å²) >= 11 is 1.58. The van der Waals surface area contributed by atoms with E-state index in [0.29, 0.717) is 17.8 Å². The van der Waals surface area contributed by atoms with Crippen molar-refractivity contribution >= 4 is 22.9 Å². The summed E-state index contributed by atoms with van der Waals surface area (Å²) in [7, 11) is 0. The Kier molecular flexibility index (Phi) is 3.62. The van der Waals surface area contributed by atoms with Gasteiger partial charge in [0.05, 0.1) is 12.1 Å². The van der Waals surface area contributed by atoms with E-state index in [0.717, 1.165) is 15.4 Å². The zero-order chi connectivity index (χ0) is 13.1. The van der Waals surface area contributed by atoms with Gasteiger partial charge in [0.15, 0.2) is 0 Å². The van der Waals surface area contributed by atoms with Crippen molar-refractivity contribution in [3.8, 4) is 0 Å². The molecular formula is C13H15N3OS. The number of nitrogens with zero attached hydrogens (tertiary/aromatic N) is 1. The van der Waals surface area contributed by atoms with Crippen molar-refractivity contribution in [2.75, 3.05) is 5.73 Å². The molecule has 4 nitrogen and oxygen atoms in total. The Morgan fingerprint density at radius 3 is 2.89 bits per heavy atom. The Balaban J connectivity index is 2.05. The van der Waals surface area contributed by atoms with Gasteiger partial charge >= 0.3 is 0 Å². The second-order valence-electron chi connectivity index (χ2n) is 4.14. The van der Waals surface area contributed by atoms with Gasteiger partial charge in [0, 0.05) is 16.8 Å². The van der Waals surface area contributed by atoms with Crippen LogP contribution in [0.4, 0.5) is 5.69 Å². The van der Waals surface area contributed by atoms with Crippen LogP contribution in [-0.2, 0) is 6.54 Å². The summed E-state index contributed by atoms with van der Waals surface area (Å²) in [5.41, 5.74) is 7.81. The van der Waals surface area contributed by atoms with E-state index in [4.69, 9.17) is 5.73 Å². The Bertz CT molecular complexity index is 577. The third-order valence-electron chi connectivity index (χ3n) is 2.52. The fraction of sp³-hybridized carbons (Fsp3) is 0.231. The number of nitrogen functional groups attached to an aromatic ring is 1. The minimum Gasteiger partial charge on any atom is -0.398 e. The smallest absolute Gasteiger partial charge is 0.253 e. The van der Waals surface area contributed by atoms with Gasteiger partial charge in [-0.1, -0.05) is 11.6 Å². The third kappa shape index (κ3) is 2.87. The van der Waals surface area contributed by atoms with E-state index >= 15 is 0 Å². The fourth-order valence-electron chi connectivity index (χ4n) is 1.60. The molecule has 1 aromatic carbocycles. The third-order valence-corrected chi connectivity index (χ3v) is 3.44.